The van der Waals surface area contributed by atoms with E-state index >= 15 is 0 Å². The number of hydrogen-bond donors (Lipinski definition) is 2. The lowest BCUT2D eigenvalue weighted by Crippen LogP contribution is -2.48. The Morgan fingerprint density at radius 2 is 1.84 bits per heavy atom. The summed E-state index contributed by atoms with van der Waals surface area (Å²) in [4.78, 5) is 13.9. The van der Waals surface area contributed by atoms with Gasteiger partial charge in [-0.1, -0.05) is 65.8 Å². The van der Waals surface area contributed by atoms with Gasteiger partial charge in [0.05, 0.1) is 30.2 Å². The fourth-order valence-corrected chi connectivity index (χ4v) is 5.21. The zero-order valence-electron chi connectivity index (χ0n) is 20.8. The number of nitrogens with zero attached hydrogens (tertiary/aromatic N) is 1. The molecule has 0 bridgehead atoms. The number of nitriles is 1. The number of methoxy groups -OCH3 is 1. The average Bonchev–Trinajstić information content (AvgIpc) is 2.92. The van der Waals surface area contributed by atoms with Gasteiger partial charge in [-0.2, -0.15) is 5.26 Å². The second kappa shape index (κ2) is 14.5. The van der Waals surface area contributed by atoms with Crippen LogP contribution in [0.25, 0.3) is 0 Å². The fraction of sp³-hybridized carbons (Fsp3) is 0.310. The summed E-state index contributed by atoms with van der Waals surface area (Å²) in [6.07, 6.45) is 1.46. The van der Waals surface area contributed by atoms with Crippen LogP contribution in [0.15, 0.2) is 82.6 Å². The normalized spacial score (nSPS) is 12.3. The second-order valence-corrected chi connectivity index (χ2v) is 10.1. The number of ether oxygens (including phenoxy) is 2. The number of nitrogens with one attached hydrogen (secondary N) is 1. The Bertz CT molecular complexity index is 1180. The average molecular weight is 539 g/mol. The minimum Gasteiger partial charge on any atom is -0.489 e. The van der Waals surface area contributed by atoms with Gasteiger partial charge in [0.25, 0.3) is 0 Å². The molecule has 2 N–H and O–H groups in total. The van der Waals surface area contributed by atoms with E-state index in [-0.39, 0.29) is 13.0 Å². The molecular formula is C29H31ClN2O4S. The van der Waals surface area contributed by atoms with Crippen LogP contribution in [0, 0.1) is 11.3 Å². The third-order valence-corrected chi connectivity index (χ3v) is 7.63. The Labute approximate surface area is 227 Å². The molecule has 0 aliphatic heterocycles. The van der Waals surface area contributed by atoms with Gasteiger partial charge in [0.2, 0.25) is 0 Å². The van der Waals surface area contributed by atoms with Crippen molar-refractivity contribution in [2.45, 2.75) is 54.0 Å². The maximum absolute atomic E-state index is 12.0. The lowest BCUT2D eigenvalue weighted by molar-refractivity contribution is 0.147. The molecule has 1 unspecified atom stereocenters. The van der Waals surface area contributed by atoms with E-state index in [9.17, 15) is 15.2 Å². The lowest BCUT2D eigenvalue weighted by atomic mass is 9.84. The van der Waals surface area contributed by atoms with E-state index in [1.54, 1.807) is 11.8 Å². The van der Waals surface area contributed by atoms with Gasteiger partial charge in [-0.25, -0.2) is 4.79 Å². The van der Waals surface area contributed by atoms with Crippen molar-refractivity contribution >= 4 is 29.5 Å². The predicted octanol–water partition coefficient (Wildman–Crippen LogP) is 6.78. The zero-order chi connectivity index (χ0) is 26.5. The number of carbonyl (C=O) groups is 1. The minimum atomic E-state index is -0.813. The van der Waals surface area contributed by atoms with Crippen LogP contribution in [0.2, 0.25) is 5.02 Å². The Balaban J connectivity index is 1.67. The van der Waals surface area contributed by atoms with Crippen LogP contribution in [0.1, 0.15) is 36.8 Å². The number of benzene rings is 3. The quantitative estimate of drug-likeness (QED) is 0.249. The van der Waals surface area contributed by atoms with Crippen LogP contribution in [-0.2, 0) is 17.8 Å². The summed E-state index contributed by atoms with van der Waals surface area (Å²) in [7, 11) is 1.29. The van der Waals surface area contributed by atoms with Gasteiger partial charge in [0.1, 0.15) is 12.4 Å². The number of halogens is 1. The second-order valence-electron chi connectivity index (χ2n) is 8.64. The summed E-state index contributed by atoms with van der Waals surface area (Å²) in [5.41, 5.74) is 1.22. The Morgan fingerprint density at radius 3 is 2.51 bits per heavy atom. The molecule has 8 heteroatoms. The highest BCUT2D eigenvalue weighted by molar-refractivity contribution is 7.99. The van der Waals surface area contributed by atoms with Crippen molar-refractivity contribution in [3.05, 3.63) is 88.9 Å². The van der Waals surface area contributed by atoms with Crippen LogP contribution in [0.3, 0.4) is 0 Å². The van der Waals surface area contributed by atoms with Crippen molar-refractivity contribution in [1.29, 1.82) is 5.26 Å². The highest BCUT2D eigenvalue weighted by atomic mass is 35.5. The maximum Gasteiger partial charge on any atom is 0.407 e. The van der Waals surface area contributed by atoms with E-state index in [1.165, 1.54) is 7.11 Å². The molecule has 0 fully saturated rings. The summed E-state index contributed by atoms with van der Waals surface area (Å²) in [5, 5.41) is 22.2. The smallest absolute Gasteiger partial charge is 0.407 e. The van der Waals surface area contributed by atoms with Gasteiger partial charge in [-0.3, -0.25) is 0 Å². The highest BCUT2D eigenvalue weighted by Crippen LogP contribution is 2.37. The monoisotopic (exact) mass is 538 g/mol. The molecule has 3 aromatic carbocycles. The first-order valence-corrected chi connectivity index (χ1v) is 13.2. The van der Waals surface area contributed by atoms with Crippen molar-refractivity contribution in [2.75, 3.05) is 13.7 Å². The van der Waals surface area contributed by atoms with E-state index < -0.39 is 11.6 Å². The zero-order valence-corrected chi connectivity index (χ0v) is 22.4. The van der Waals surface area contributed by atoms with Crippen molar-refractivity contribution < 1.29 is 19.4 Å². The van der Waals surface area contributed by atoms with E-state index in [0.717, 1.165) is 26.7 Å². The molecule has 0 saturated heterocycles. The number of aliphatic hydroxyl groups is 1. The molecule has 0 aliphatic carbocycles. The molecule has 1 amide bonds. The molecule has 0 aromatic heterocycles. The summed E-state index contributed by atoms with van der Waals surface area (Å²) in [6, 6.07) is 26.0. The first kappa shape index (κ1) is 28.4. The van der Waals surface area contributed by atoms with Gasteiger partial charge in [-0.15, -0.1) is 0 Å². The molecule has 37 heavy (non-hydrogen) atoms. The first-order chi connectivity index (χ1) is 18.0. The van der Waals surface area contributed by atoms with Gasteiger partial charge >= 0.3 is 6.09 Å². The molecule has 0 aliphatic rings. The molecule has 0 radical (unpaired) electrons. The standard InChI is InChI=1S/C29H31ClN2O4S/c1-35-28(34)32-29(18-19-31,16-6-20-33)17-15-23-9-5-10-26(27(23)30)37-25-13-11-24(12-14-25)36-21-22-7-3-2-4-8-22/h2-5,7-14,33H,6,15-18,20-21H2,1H3,(H,32,34). The predicted molar refractivity (Wildman–Crippen MR) is 146 cm³/mol. The van der Waals surface area contributed by atoms with Crippen molar-refractivity contribution in [3.63, 3.8) is 0 Å². The third-order valence-electron chi connectivity index (χ3n) is 6.00. The van der Waals surface area contributed by atoms with E-state index in [1.807, 2.05) is 72.8 Å². The van der Waals surface area contributed by atoms with Crippen molar-refractivity contribution in [2.24, 2.45) is 0 Å². The number of alkyl carbamates (subject to hydrolysis) is 1. The third kappa shape index (κ3) is 8.71. The van der Waals surface area contributed by atoms with Gasteiger partial charge < -0.3 is 19.9 Å². The van der Waals surface area contributed by atoms with E-state index in [0.29, 0.717) is 37.3 Å². The molecule has 3 rings (SSSR count). The summed E-state index contributed by atoms with van der Waals surface area (Å²) in [5.74, 6) is 0.794. The number of rotatable bonds is 13. The SMILES string of the molecule is COC(=O)NC(CC#N)(CCCO)CCc1cccc(Sc2ccc(OCc3ccccc3)cc2)c1Cl. The van der Waals surface area contributed by atoms with Crippen LogP contribution < -0.4 is 10.1 Å². The largest absolute Gasteiger partial charge is 0.489 e. The number of hydrogen-bond acceptors (Lipinski definition) is 6. The van der Waals surface area contributed by atoms with Crippen molar-refractivity contribution in [1.82, 2.24) is 5.32 Å². The number of amides is 1. The van der Waals surface area contributed by atoms with Crippen molar-refractivity contribution in [3.8, 4) is 11.8 Å². The summed E-state index contributed by atoms with van der Waals surface area (Å²) in [6.45, 7) is 0.483. The van der Waals surface area contributed by atoms with Crippen LogP contribution in [0.4, 0.5) is 4.79 Å². The molecule has 0 spiro atoms. The highest BCUT2D eigenvalue weighted by Gasteiger charge is 2.32. The molecule has 0 heterocycles. The molecule has 1 atom stereocenters. The molecule has 6 nitrogen and oxygen atoms in total. The maximum atomic E-state index is 12.0. The Kier molecular flexibility index (Phi) is 11.2. The van der Waals surface area contributed by atoms with Crippen LogP contribution in [0.5, 0.6) is 5.75 Å². The lowest BCUT2D eigenvalue weighted by Gasteiger charge is -2.32. The molecule has 3 aromatic rings. The van der Waals surface area contributed by atoms with Crippen LogP contribution in [-0.4, -0.2) is 30.5 Å². The Hall–Kier alpha value is -3.18. The molecular weight excluding hydrogens is 508 g/mol. The van der Waals surface area contributed by atoms with E-state index in [4.69, 9.17) is 21.1 Å². The van der Waals surface area contributed by atoms with Crippen LogP contribution >= 0.6 is 23.4 Å². The minimum absolute atomic E-state index is 0.0288. The van der Waals surface area contributed by atoms with E-state index in [2.05, 4.69) is 11.4 Å². The van der Waals surface area contributed by atoms with Gasteiger partial charge in [0, 0.05) is 16.4 Å². The number of aliphatic hydroxyl groups excluding tert-OH is 1. The molecule has 194 valence electrons. The Morgan fingerprint density at radius 1 is 1.08 bits per heavy atom. The topological polar surface area (TPSA) is 91.6 Å². The summed E-state index contributed by atoms with van der Waals surface area (Å²) >= 11 is 8.35. The number of aryl methyl sites for hydroxylation is 1. The van der Waals surface area contributed by atoms with Gasteiger partial charge in [0.15, 0.2) is 0 Å². The first-order valence-electron chi connectivity index (χ1n) is 12.0. The number of carbonyl (C=O) groups excluding carboxylic acids is 1. The fourth-order valence-electron chi connectivity index (χ4n) is 3.98. The van der Waals surface area contributed by atoms with Gasteiger partial charge in [-0.05, 0) is 67.1 Å². The summed E-state index contributed by atoms with van der Waals surface area (Å²) < 4.78 is 10.7. The molecule has 0 saturated carbocycles.